The minimum Gasteiger partial charge on any atom is -0.391 e. The maximum absolute atomic E-state index is 11.1. The van der Waals surface area contributed by atoms with Gasteiger partial charge in [-0.2, -0.15) is 0 Å². The molecule has 5 nitrogen and oxygen atoms in total. The number of nitrogens with zero attached hydrogens (tertiary/aromatic N) is 2. The SMILES string of the molecule is CNC(=O)Oc1ccc(-c2ccc3cnc(Cl)cc3c2)cn1. The van der Waals surface area contributed by atoms with Crippen LogP contribution in [0, 0.1) is 0 Å². The lowest BCUT2D eigenvalue weighted by Gasteiger charge is -2.06. The number of pyridine rings is 2. The van der Waals surface area contributed by atoms with Gasteiger partial charge in [0.25, 0.3) is 0 Å². The van der Waals surface area contributed by atoms with Crippen molar-refractivity contribution in [2.75, 3.05) is 7.05 Å². The van der Waals surface area contributed by atoms with E-state index < -0.39 is 6.09 Å². The second-order valence-corrected chi connectivity index (χ2v) is 4.98. The molecule has 110 valence electrons. The van der Waals surface area contributed by atoms with Gasteiger partial charge < -0.3 is 10.1 Å². The molecular weight excluding hydrogens is 302 g/mol. The van der Waals surface area contributed by atoms with E-state index in [1.807, 2.05) is 30.3 Å². The fourth-order valence-corrected chi connectivity index (χ4v) is 2.22. The molecule has 0 aliphatic carbocycles. The van der Waals surface area contributed by atoms with Crippen molar-refractivity contribution in [3.63, 3.8) is 0 Å². The van der Waals surface area contributed by atoms with Crippen LogP contribution < -0.4 is 10.1 Å². The van der Waals surface area contributed by atoms with Gasteiger partial charge in [-0.1, -0.05) is 23.7 Å². The van der Waals surface area contributed by atoms with Crippen molar-refractivity contribution in [1.82, 2.24) is 15.3 Å². The number of benzene rings is 1. The Morgan fingerprint density at radius 2 is 1.86 bits per heavy atom. The number of ether oxygens (including phenoxy) is 1. The molecular formula is C16H12ClN3O2. The number of amides is 1. The van der Waals surface area contributed by atoms with E-state index in [1.54, 1.807) is 18.5 Å². The number of fused-ring (bicyclic) bond motifs is 1. The van der Waals surface area contributed by atoms with Gasteiger partial charge in [0.2, 0.25) is 5.88 Å². The van der Waals surface area contributed by atoms with Crippen LogP contribution in [-0.4, -0.2) is 23.1 Å². The summed E-state index contributed by atoms with van der Waals surface area (Å²) in [6, 6.07) is 11.3. The minimum absolute atomic E-state index is 0.246. The van der Waals surface area contributed by atoms with Gasteiger partial charge in [0, 0.05) is 36.5 Å². The molecule has 22 heavy (non-hydrogen) atoms. The summed E-state index contributed by atoms with van der Waals surface area (Å²) in [6.07, 6.45) is 2.84. The largest absolute Gasteiger partial charge is 0.413 e. The Morgan fingerprint density at radius 1 is 1.05 bits per heavy atom. The normalized spacial score (nSPS) is 10.5. The van der Waals surface area contributed by atoms with Crippen LogP contribution in [0.25, 0.3) is 21.9 Å². The molecule has 0 fully saturated rings. The van der Waals surface area contributed by atoms with E-state index in [2.05, 4.69) is 15.3 Å². The third kappa shape index (κ3) is 2.99. The number of carbonyl (C=O) groups excluding carboxylic acids is 1. The maximum Gasteiger partial charge on any atom is 0.413 e. The highest BCUT2D eigenvalue weighted by atomic mass is 35.5. The summed E-state index contributed by atoms with van der Waals surface area (Å²) in [5, 5.41) is 4.84. The summed E-state index contributed by atoms with van der Waals surface area (Å²) in [5.74, 6) is 0.246. The van der Waals surface area contributed by atoms with E-state index >= 15 is 0 Å². The average Bonchev–Trinajstić information content (AvgIpc) is 2.54. The third-order valence-electron chi connectivity index (χ3n) is 3.16. The maximum atomic E-state index is 11.1. The van der Waals surface area contributed by atoms with E-state index in [0.29, 0.717) is 5.15 Å². The fourth-order valence-electron chi connectivity index (χ4n) is 2.05. The molecule has 0 bridgehead atoms. The summed E-state index contributed by atoms with van der Waals surface area (Å²) in [7, 11) is 1.49. The van der Waals surface area contributed by atoms with Crippen molar-refractivity contribution >= 4 is 28.5 Å². The van der Waals surface area contributed by atoms with E-state index in [9.17, 15) is 4.79 Å². The monoisotopic (exact) mass is 313 g/mol. The summed E-state index contributed by atoms with van der Waals surface area (Å²) in [4.78, 5) is 19.3. The lowest BCUT2D eigenvalue weighted by Crippen LogP contribution is -2.22. The van der Waals surface area contributed by atoms with Crippen LogP contribution in [0.5, 0.6) is 5.88 Å². The van der Waals surface area contributed by atoms with E-state index in [4.69, 9.17) is 16.3 Å². The number of hydrogen-bond acceptors (Lipinski definition) is 4. The van der Waals surface area contributed by atoms with Crippen LogP contribution in [0.1, 0.15) is 0 Å². The van der Waals surface area contributed by atoms with Crippen LogP contribution in [0.2, 0.25) is 5.15 Å². The minimum atomic E-state index is -0.548. The zero-order valence-corrected chi connectivity index (χ0v) is 12.5. The standard InChI is InChI=1S/C16H12ClN3O2/c1-18-16(21)22-15-5-4-11(9-20-15)10-2-3-12-8-19-14(17)7-13(12)6-10/h2-9H,1H3,(H,18,21). The average molecular weight is 314 g/mol. The zero-order valence-electron chi connectivity index (χ0n) is 11.7. The van der Waals surface area contributed by atoms with Crippen LogP contribution in [0.4, 0.5) is 4.79 Å². The molecule has 0 aliphatic heterocycles. The van der Waals surface area contributed by atoms with E-state index in [-0.39, 0.29) is 5.88 Å². The highest BCUT2D eigenvalue weighted by Crippen LogP contribution is 2.25. The molecule has 1 N–H and O–H groups in total. The second-order valence-electron chi connectivity index (χ2n) is 4.59. The van der Waals surface area contributed by atoms with Crippen LogP contribution in [0.3, 0.4) is 0 Å². The van der Waals surface area contributed by atoms with Crippen LogP contribution in [-0.2, 0) is 0 Å². The number of carbonyl (C=O) groups is 1. The smallest absolute Gasteiger partial charge is 0.391 e. The molecule has 0 spiro atoms. The lowest BCUT2D eigenvalue weighted by molar-refractivity contribution is 0.201. The quantitative estimate of drug-likeness (QED) is 0.733. The van der Waals surface area contributed by atoms with Gasteiger partial charge in [-0.3, -0.25) is 0 Å². The first-order valence-corrected chi connectivity index (χ1v) is 6.95. The zero-order chi connectivity index (χ0) is 15.5. The van der Waals surface area contributed by atoms with Gasteiger partial charge >= 0.3 is 6.09 Å². The predicted molar refractivity (Wildman–Crippen MR) is 85.1 cm³/mol. The molecule has 0 saturated carbocycles. The fraction of sp³-hybridized carbons (Fsp3) is 0.0625. The Hall–Kier alpha value is -2.66. The van der Waals surface area contributed by atoms with Crippen molar-refractivity contribution in [2.24, 2.45) is 0 Å². The first kappa shape index (κ1) is 14.3. The number of rotatable bonds is 2. The number of nitrogens with one attached hydrogen (secondary N) is 1. The van der Waals surface area contributed by atoms with Crippen LogP contribution in [0.15, 0.2) is 48.8 Å². The van der Waals surface area contributed by atoms with Gasteiger partial charge in [-0.05, 0) is 29.1 Å². The Balaban J connectivity index is 1.92. The summed E-state index contributed by atoms with van der Waals surface area (Å²) < 4.78 is 4.95. The molecule has 2 aromatic heterocycles. The second kappa shape index (κ2) is 5.99. The molecule has 3 rings (SSSR count). The van der Waals surface area contributed by atoms with Crippen LogP contribution >= 0.6 is 11.6 Å². The number of halogens is 1. The third-order valence-corrected chi connectivity index (χ3v) is 3.37. The Morgan fingerprint density at radius 3 is 2.59 bits per heavy atom. The first-order chi connectivity index (χ1) is 10.7. The van der Waals surface area contributed by atoms with E-state index in [0.717, 1.165) is 21.9 Å². The van der Waals surface area contributed by atoms with Gasteiger partial charge in [0.1, 0.15) is 5.15 Å². The molecule has 1 aromatic carbocycles. The molecule has 6 heteroatoms. The van der Waals surface area contributed by atoms with E-state index in [1.165, 1.54) is 7.05 Å². The number of aromatic nitrogens is 2. The molecule has 0 saturated heterocycles. The highest BCUT2D eigenvalue weighted by molar-refractivity contribution is 6.30. The highest BCUT2D eigenvalue weighted by Gasteiger charge is 2.05. The summed E-state index contributed by atoms with van der Waals surface area (Å²) >= 11 is 5.92. The Labute approximate surface area is 131 Å². The van der Waals surface area contributed by atoms with Gasteiger partial charge in [-0.25, -0.2) is 14.8 Å². The molecule has 2 heterocycles. The van der Waals surface area contributed by atoms with Crippen molar-refractivity contribution in [1.29, 1.82) is 0 Å². The lowest BCUT2D eigenvalue weighted by atomic mass is 10.0. The number of hydrogen-bond donors (Lipinski definition) is 1. The van der Waals surface area contributed by atoms with Gasteiger partial charge in [-0.15, -0.1) is 0 Å². The Kier molecular flexibility index (Phi) is 3.89. The summed E-state index contributed by atoms with van der Waals surface area (Å²) in [6.45, 7) is 0. The van der Waals surface area contributed by atoms with Crippen molar-refractivity contribution in [3.05, 3.63) is 53.9 Å². The van der Waals surface area contributed by atoms with Crippen molar-refractivity contribution < 1.29 is 9.53 Å². The Bertz CT molecular complexity index is 834. The molecule has 3 aromatic rings. The predicted octanol–water partition coefficient (Wildman–Crippen LogP) is 3.67. The molecule has 0 atom stereocenters. The molecule has 1 amide bonds. The molecule has 0 aliphatic rings. The topological polar surface area (TPSA) is 64.1 Å². The van der Waals surface area contributed by atoms with Gasteiger partial charge in [0.15, 0.2) is 0 Å². The first-order valence-electron chi connectivity index (χ1n) is 6.57. The van der Waals surface area contributed by atoms with Crippen molar-refractivity contribution in [2.45, 2.75) is 0 Å². The molecule has 0 unspecified atom stereocenters. The van der Waals surface area contributed by atoms with Gasteiger partial charge in [0.05, 0.1) is 0 Å². The molecule has 0 radical (unpaired) electrons. The summed E-state index contributed by atoms with van der Waals surface area (Å²) in [5.41, 5.74) is 1.91. The van der Waals surface area contributed by atoms with Crippen molar-refractivity contribution in [3.8, 4) is 17.0 Å².